The third-order valence-corrected chi connectivity index (χ3v) is 6.43. The lowest BCUT2D eigenvalue weighted by atomic mass is 9.49. The summed E-state index contributed by atoms with van der Waals surface area (Å²) in [5, 5.41) is 32.6. The summed E-state index contributed by atoms with van der Waals surface area (Å²) >= 11 is 0. The summed E-state index contributed by atoms with van der Waals surface area (Å²) in [5.74, 6) is 0.358. The Morgan fingerprint density at radius 1 is 1.41 bits per heavy atom. The first kappa shape index (κ1) is 10.5. The average molecular weight is 307 g/mol. The number of likely N-dealkylation sites (tertiary alicyclic amines) is 1. The molecule has 5 atom stereocenters. The fraction of sp³-hybridized carbons (Fsp3) is 0.647. The van der Waals surface area contributed by atoms with Gasteiger partial charge in [-0.3, -0.25) is 0 Å². The molecule has 0 radical (unpaired) electrons. The van der Waals surface area contributed by atoms with Crippen LogP contribution in [0.2, 0.25) is 0 Å². The standard InChI is InChI=1S/C17H21NO4/c1-18-7-6-16-13-9-2-3-10(19)14(13)22-15(16)11(20)4-5-17(16,21)12(18)8-9/h2-3,11-12,15,19-21H,4-8H2,1H3/t11?,12-,15+,16+,17-/m1/s1/i1+1D3. The maximum atomic E-state index is 11.8. The third-order valence-electron chi connectivity index (χ3n) is 6.43. The Balaban J connectivity index is 1.79. The normalized spacial score (nSPS) is 47.9. The Morgan fingerprint density at radius 2 is 2.27 bits per heavy atom. The van der Waals surface area contributed by atoms with Crippen LogP contribution in [0, 0.1) is 0 Å². The molecule has 2 heterocycles. The van der Waals surface area contributed by atoms with E-state index in [9.17, 15) is 15.3 Å². The molecule has 5 heteroatoms. The molecule has 1 aromatic carbocycles. The van der Waals surface area contributed by atoms with Crippen molar-refractivity contribution in [3.63, 3.8) is 0 Å². The molecule has 0 amide bonds. The first-order valence-corrected chi connectivity index (χ1v) is 7.89. The van der Waals surface area contributed by atoms with Crippen LogP contribution >= 0.6 is 0 Å². The van der Waals surface area contributed by atoms with Gasteiger partial charge in [0.1, 0.15) is 6.10 Å². The smallest absolute Gasteiger partial charge is 0.165 e. The molecule has 1 saturated heterocycles. The molecule has 1 saturated carbocycles. The summed E-state index contributed by atoms with van der Waals surface area (Å²) in [4.78, 5) is 1.43. The number of phenols is 1. The first-order valence-electron chi connectivity index (χ1n) is 9.39. The van der Waals surface area contributed by atoms with E-state index in [0.29, 0.717) is 38.0 Å². The van der Waals surface area contributed by atoms with Crippen molar-refractivity contribution in [2.24, 2.45) is 0 Å². The molecular weight excluding hydrogens is 283 g/mol. The highest BCUT2D eigenvalue weighted by Crippen LogP contribution is 2.65. The van der Waals surface area contributed by atoms with E-state index >= 15 is 0 Å². The number of nitrogens with zero attached hydrogens (tertiary/aromatic N) is 1. The minimum Gasteiger partial charge on any atom is -0.504 e. The molecule has 5 nitrogen and oxygen atoms in total. The monoisotopic (exact) mass is 307 g/mol. The second-order valence-corrected chi connectivity index (χ2v) is 7.15. The highest BCUT2D eigenvalue weighted by Gasteiger charge is 2.72. The SMILES string of the molecule is [2H][13C]([2H])([2H])N1CC[C@]23c4c5ccc(O)c4O[C@H]2C(O)CC[C@@]3(O)[C@H]1C5. The zero-order chi connectivity index (χ0) is 17.8. The van der Waals surface area contributed by atoms with Crippen molar-refractivity contribution in [3.05, 3.63) is 23.3 Å². The van der Waals surface area contributed by atoms with Gasteiger partial charge in [-0.15, -0.1) is 0 Å². The van der Waals surface area contributed by atoms with Crippen molar-refractivity contribution in [2.45, 2.75) is 54.9 Å². The number of aliphatic hydroxyl groups is 2. The molecule has 4 aliphatic rings. The number of benzene rings is 1. The quantitative estimate of drug-likeness (QED) is 0.610. The number of aliphatic hydroxyl groups excluding tert-OH is 1. The molecule has 2 fully saturated rings. The molecule has 1 unspecified atom stereocenters. The fourth-order valence-electron chi connectivity index (χ4n) is 5.52. The lowest BCUT2D eigenvalue weighted by Crippen LogP contribution is -2.76. The second kappa shape index (κ2) is 3.78. The Bertz CT molecular complexity index is 769. The Morgan fingerprint density at radius 3 is 3.09 bits per heavy atom. The van der Waals surface area contributed by atoms with Crippen molar-refractivity contribution >= 4 is 0 Å². The molecule has 2 aliphatic heterocycles. The first-order chi connectivity index (χ1) is 11.7. The van der Waals surface area contributed by atoms with E-state index in [0.717, 1.165) is 11.1 Å². The van der Waals surface area contributed by atoms with Gasteiger partial charge in [-0.2, -0.15) is 0 Å². The molecule has 118 valence electrons. The molecule has 1 aromatic rings. The summed E-state index contributed by atoms with van der Waals surface area (Å²) in [6.07, 6.45) is 0.0282. The number of phenolic OH excluding ortho intramolecular Hbond substituents is 1. The molecule has 22 heavy (non-hydrogen) atoms. The third kappa shape index (κ3) is 1.17. The Hall–Kier alpha value is -1.30. The summed E-state index contributed by atoms with van der Waals surface area (Å²) in [6, 6.07) is 2.78. The molecule has 2 aliphatic carbocycles. The van der Waals surface area contributed by atoms with Crippen LogP contribution < -0.4 is 4.74 Å². The summed E-state index contributed by atoms with van der Waals surface area (Å²) in [7, 11) is 0. The maximum absolute atomic E-state index is 11.8. The van der Waals surface area contributed by atoms with Crippen molar-refractivity contribution in [1.29, 1.82) is 0 Å². The van der Waals surface area contributed by atoms with Gasteiger partial charge in [-0.1, -0.05) is 6.07 Å². The van der Waals surface area contributed by atoms with Crippen LogP contribution in [0.3, 0.4) is 0 Å². The number of aromatic hydroxyl groups is 1. The lowest BCUT2D eigenvalue weighted by molar-refractivity contribution is -0.204. The van der Waals surface area contributed by atoms with E-state index in [1.807, 2.05) is 0 Å². The Kier molecular flexibility index (Phi) is 1.80. The van der Waals surface area contributed by atoms with Gasteiger partial charge < -0.3 is 25.0 Å². The summed E-state index contributed by atoms with van der Waals surface area (Å²) < 4.78 is 29.7. The number of hydrogen-bond donors (Lipinski definition) is 3. The lowest BCUT2D eigenvalue weighted by Gasteiger charge is -2.63. The van der Waals surface area contributed by atoms with Gasteiger partial charge in [0, 0.05) is 15.7 Å². The van der Waals surface area contributed by atoms with Gasteiger partial charge in [0.2, 0.25) is 0 Å². The van der Waals surface area contributed by atoms with Crippen LogP contribution in [0.1, 0.15) is 34.5 Å². The van der Waals surface area contributed by atoms with Gasteiger partial charge in [-0.05, 0) is 50.8 Å². The van der Waals surface area contributed by atoms with Crippen LogP contribution in [0.5, 0.6) is 11.5 Å². The summed E-state index contributed by atoms with van der Waals surface area (Å²) in [5.41, 5.74) is -0.484. The van der Waals surface area contributed by atoms with E-state index < -0.39 is 36.2 Å². The summed E-state index contributed by atoms with van der Waals surface area (Å²) in [6.45, 7) is -1.99. The van der Waals surface area contributed by atoms with E-state index in [4.69, 9.17) is 8.85 Å². The van der Waals surface area contributed by atoms with Gasteiger partial charge >= 0.3 is 0 Å². The zero-order valence-electron chi connectivity index (χ0n) is 15.1. The maximum Gasteiger partial charge on any atom is 0.165 e. The van der Waals surface area contributed by atoms with Crippen molar-refractivity contribution < 1.29 is 24.2 Å². The van der Waals surface area contributed by atoms with Gasteiger partial charge in [0.25, 0.3) is 0 Å². The highest BCUT2D eigenvalue weighted by molar-refractivity contribution is 5.62. The van der Waals surface area contributed by atoms with E-state index in [2.05, 4.69) is 0 Å². The average Bonchev–Trinajstić information content (AvgIpc) is 2.87. The molecule has 5 rings (SSSR count). The van der Waals surface area contributed by atoms with E-state index in [1.165, 1.54) is 4.90 Å². The van der Waals surface area contributed by atoms with Gasteiger partial charge in [0.15, 0.2) is 11.5 Å². The minimum absolute atomic E-state index is 0.00813. The number of ether oxygens (including phenoxy) is 1. The van der Waals surface area contributed by atoms with E-state index in [1.54, 1.807) is 12.1 Å². The number of rotatable bonds is 0. The van der Waals surface area contributed by atoms with Crippen molar-refractivity contribution in [1.82, 2.24) is 4.90 Å². The number of piperidine rings is 1. The predicted octanol–water partition coefficient (Wildman–Crippen LogP) is 0.537. The molecule has 0 aromatic heterocycles. The van der Waals surface area contributed by atoms with Crippen LogP contribution in [0.25, 0.3) is 0 Å². The predicted molar refractivity (Wildman–Crippen MR) is 79.1 cm³/mol. The minimum atomic E-state index is -2.29. The highest BCUT2D eigenvalue weighted by atomic mass is 16.5. The number of hydrogen-bond acceptors (Lipinski definition) is 5. The Labute approximate surface area is 133 Å². The number of likely N-dealkylation sites (N-methyl/N-ethyl adjacent to an activating group) is 1. The van der Waals surface area contributed by atoms with Crippen molar-refractivity contribution in [2.75, 3.05) is 13.5 Å². The zero-order valence-corrected chi connectivity index (χ0v) is 12.1. The molecule has 1 spiro atoms. The van der Waals surface area contributed by atoms with E-state index in [-0.39, 0.29) is 5.75 Å². The van der Waals surface area contributed by atoms with Crippen molar-refractivity contribution in [3.8, 4) is 11.5 Å². The molecular formula is C17H21NO4. The van der Waals surface area contributed by atoms with Gasteiger partial charge in [0.05, 0.1) is 17.1 Å². The van der Waals surface area contributed by atoms with Crippen LogP contribution in [0.15, 0.2) is 12.1 Å². The second-order valence-electron chi connectivity index (χ2n) is 7.15. The fourth-order valence-corrected chi connectivity index (χ4v) is 5.52. The van der Waals surface area contributed by atoms with Crippen LogP contribution in [0.4, 0.5) is 0 Å². The molecule has 2 bridgehead atoms. The largest absolute Gasteiger partial charge is 0.504 e. The molecule has 3 N–H and O–H groups in total. The topological polar surface area (TPSA) is 73.2 Å². The van der Waals surface area contributed by atoms with Crippen LogP contribution in [-0.4, -0.2) is 57.6 Å². The van der Waals surface area contributed by atoms with Gasteiger partial charge in [-0.25, -0.2) is 0 Å². The van der Waals surface area contributed by atoms with Crippen LogP contribution in [-0.2, 0) is 11.8 Å².